The maximum atomic E-state index is 11.7. The Morgan fingerprint density at radius 2 is 1.58 bits per heavy atom. The van der Waals surface area contributed by atoms with E-state index < -0.39 is 11.9 Å². The van der Waals surface area contributed by atoms with Crippen molar-refractivity contribution in [2.75, 3.05) is 14.2 Å². The molecule has 0 spiro atoms. The number of benzene rings is 1. The van der Waals surface area contributed by atoms with E-state index in [1.807, 2.05) is 0 Å². The fraction of sp³-hybridized carbons (Fsp3) is 0.231. The van der Waals surface area contributed by atoms with Crippen LogP contribution in [0.2, 0.25) is 0 Å². The molecule has 2 rings (SSSR count). The topological polar surface area (TPSA) is 78.4 Å². The van der Waals surface area contributed by atoms with Crippen LogP contribution in [0.3, 0.4) is 0 Å². The molecule has 0 radical (unpaired) electrons. The number of fused-ring (bicyclic) bond motifs is 1. The zero-order valence-corrected chi connectivity index (χ0v) is 10.8. The highest BCUT2D eigenvalue weighted by Gasteiger charge is 2.20. The van der Waals surface area contributed by atoms with Gasteiger partial charge in [-0.15, -0.1) is 0 Å². The third-order valence-corrected chi connectivity index (χ3v) is 2.78. The van der Waals surface area contributed by atoms with E-state index >= 15 is 0 Å². The van der Waals surface area contributed by atoms with Crippen LogP contribution in [-0.2, 0) is 9.47 Å². The molecule has 0 N–H and O–H groups in total. The van der Waals surface area contributed by atoms with Crippen molar-refractivity contribution in [3.63, 3.8) is 0 Å². The second-order valence-electron chi connectivity index (χ2n) is 3.86. The molecule has 0 unspecified atom stereocenters. The highest BCUT2D eigenvalue weighted by Crippen LogP contribution is 2.21. The summed E-state index contributed by atoms with van der Waals surface area (Å²) in [5, 5.41) is 0.690. The lowest BCUT2D eigenvalue weighted by Gasteiger charge is -2.08. The van der Waals surface area contributed by atoms with E-state index in [1.54, 1.807) is 13.0 Å². The van der Waals surface area contributed by atoms with Crippen molar-refractivity contribution in [2.45, 2.75) is 6.92 Å². The summed E-state index contributed by atoms with van der Waals surface area (Å²) in [7, 11) is 2.50. The Balaban J connectivity index is 2.78. The van der Waals surface area contributed by atoms with Gasteiger partial charge in [-0.2, -0.15) is 0 Å². The van der Waals surface area contributed by atoms with Gasteiger partial charge >= 0.3 is 11.9 Å². The van der Waals surface area contributed by atoms with Crippen LogP contribution < -0.4 is 0 Å². The Bertz CT molecular complexity index is 667. The lowest BCUT2D eigenvalue weighted by atomic mass is 10.0. The fourth-order valence-electron chi connectivity index (χ4n) is 1.79. The van der Waals surface area contributed by atoms with Gasteiger partial charge in [0.25, 0.3) is 0 Å². The van der Waals surface area contributed by atoms with Crippen molar-refractivity contribution in [2.24, 2.45) is 0 Å². The molecule has 0 bridgehead atoms. The number of nitrogens with zero attached hydrogens (tertiary/aromatic N) is 2. The molecule has 1 aromatic carbocycles. The van der Waals surface area contributed by atoms with Gasteiger partial charge in [-0.25, -0.2) is 19.6 Å². The van der Waals surface area contributed by atoms with Gasteiger partial charge in [-0.05, 0) is 19.1 Å². The second-order valence-corrected chi connectivity index (χ2v) is 3.86. The average molecular weight is 260 g/mol. The van der Waals surface area contributed by atoms with E-state index in [4.69, 9.17) is 0 Å². The number of rotatable bonds is 2. The number of hydrogen-bond acceptors (Lipinski definition) is 6. The normalized spacial score (nSPS) is 10.3. The highest BCUT2D eigenvalue weighted by molar-refractivity contribution is 6.07. The molecule has 0 aliphatic heterocycles. The van der Waals surface area contributed by atoms with Crippen molar-refractivity contribution in [1.82, 2.24) is 9.97 Å². The van der Waals surface area contributed by atoms with Gasteiger partial charge in [0.05, 0.1) is 30.9 Å². The number of aryl methyl sites for hydroxylation is 1. The van der Waals surface area contributed by atoms with Gasteiger partial charge in [0, 0.05) is 11.1 Å². The molecule has 2 aromatic rings. The molecule has 0 atom stereocenters. The van der Waals surface area contributed by atoms with Crippen LogP contribution in [0, 0.1) is 6.92 Å². The lowest BCUT2D eigenvalue weighted by Crippen LogP contribution is -2.12. The molecular weight excluding hydrogens is 248 g/mol. The summed E-state index contributed by atoms with van der Waals surface area (Å²) >= 11 is 0. The first-order valence-electron chi connectivity index (χ1n) is 5.50. The summed E-state index contributed by atoms with van der Waals surface area (Å²) in [4.78, 5) is 31.6. The Labute approximate surface area is 109 Å². The zero-order chi connectivity index (χ0) is 14.0. The minimum absolute atomic E-state index is 0.125. The van der Waals surface area contributed by atoms with Crippen molar-refractivity contribution in [3.8, 4) is 0 Å². The first-order valence-corrected chi connectivity index (χ1v) is 5.50. The van der Waals surface area contributed by atoms with Crippen LogP contribution in [-0.4, -0.2) is 36.1 Å². The first-order chi connectivity index (χ1) is 9.08. The first kappa shape index (κ1) is 12.9. The molecule has 6 nitrogen and oxygen atoms in total. The summed E-state index contributed by atoms with van der Waals surface area (Å²) in [5.41, 5.74) is 1.55. The summed E-state index contributed by atoms with van der Waals surface area (Å²) in [6.45, 7) is 1.79. The minimum Gasteiger partial charge on any atom is -0.465 e. The van der Waals surface area contributed by atoms with E-state index in [0.29, 0.717) is 16.6 Å². The highest BCUT2D eigenvalue weighted by atomic mass is 16.5. The van der Waals surface area contributed by atoms with Crippen molar-refractivity contribution in [1.29, 1.82) is 0 Å². The van der Waals surface area contributed by atoms with Crippen molar-refractivity contribution < 1.29 is 19.1 Å². The zero-order valence-electron chi connectivity index (χ0n) is 10.8. The SMILES string of the molecule is COC(=O)c1cc2ncnc(C)c2cc1C(=O)OC. The fourth-order valence-corrected chi connectivity index (χ4v) is 1.79. The van der Waals surface area contributed by atoms with Gasteiger partial charge in [0.2, 0.25) is 0 Å². The van der Waals surface area contributed by atoms with E-state index in [2.05, 4.69) is 19.4 Å². The Morgan fingerprint density at radius 1 is 1.00 bits per heavy atom. The van der Waals surface area contributed by atoms with E-state index in [9.17, 15) is 9.59 Å². The molecule has 0 saturated heterocycles. The number of methoxy groups -OCH3 is 2. The molecule has 0 aliphatic carbocycles. The number of aromatic nitrogens is 2. The summed E-state index contributed by atoms with van der Waals surface area (Å²) in [5.74, 6) is -1.22. The molecule has 6 heteroatoms. The number of carbonyl (C=O) groups excluding carboxylic acids is 2. The Hall–Kier alpha value is -2.50. The van der Waals surface area contributed by atoms with Crippen molar-refractivity contribution in [3.05, 3.63) is 35.3 Å². The average Bonchev–Trinajstić information content (AvgIpc) is 2.44. The molecular formula is C13H12N2O4. The molecule has 0 aliphatic rings. The quantitative estimate of drug-likeness (QED) is 0.761. The van der Waals surface area contributed by atoms with E-state index in [1.165, 1.54) is 26.6 Å². The third-order valence-electron chi connectivity index (χ3n) is 2.78. The third kappa shape index (κ3) is 2.24. The largest absolute Gasteiger partial charge is 0.465 e. The summed E-state index contributed by atoms with van der Waals surface area (Å²) < 4.78 is 9.33. The van der Waals surface area contributed by atoms with Crippen LogP contribution in [0.25, 0.3) is 10.9 Å². The Morgan fingerprint density at radius 3 is 2.16 bits per heavy atom. The number of ether oxygens (including phenoxy) is 2. The summed E-state index contributed by atoms with van der Waals surface area (Å²) in [6, 6.07) is 3.05. The Kier molecular flexibility index (Phi) is 3.41. The molecule has 1 aromatic heterocycles. The molecule has 1 heterocycles. The summed E-state index contributed by atoms with van der Waals surface area (Å²) in [6.07, 6.45) is 1.40. The van der Waals surface area contributed by atoms with Crippen LogP contribution >= 0.6 is 0 Å². The second kappa shape index (κ2) is 5.01. The minimum atomic E-state index is -0.612. The van der Waals surface area contributed by atoms with Gasteiger partial charge in [-0.1, -0.05) is 0 Å². The molecule has 19 heavy (non-hydrogen) atoms. The predicted molar refractivity (Wildman–Crippen MR) is 67.0 cm³/mol. The number of hydrogen-bond donors (Lipinski definition) is 0. The molecule has 0 saturated carbocycles. The monoisotopic (exact) mass is 260 g/mol. The van der Waals surface area contributed by atoms with Crippen LogP contribution in [0.4, 0.5) is 0 Å². The van der Waals surface area contributed by atoms with E-state index in [-0.39, 0.29) is 11.1 Å². The standard InChI is InChI=1S/C13H12N2O4/c1-7-8-4-9(12(16)18-2)10(13(17)19-3)5-11(8)15-6-14-7/h4-6H,1-3H3. The molecule has 98 valence electrons. The maximum Gasteiger partial charge on any atom is 0.338 e. The van der Waals surface area contributed by atoms with Crippen LogP contribution in [0.15, 0.2) is 18.5 Å². The van der Waals surface area contributed by atoms with Crippen LogP contribution in [0.5, 0.6) is 0 Å². The molecule has 0 fully saturated rings. The molecule has 0 amide bonds. The number of carbonyl (C=O) groups is 2. The van der Waals surface area contributed by atoms with E-state index in [0.717, 1.165) is 0 Å². The predicted octanol–water partition coefficient (Wildman–Crippen LogP) is 1.51. The number of esters is 2. The smallest absolute Gasteiger partial charge is 0.338 e. The van der Waals surface area contributed by atoms with Gasteiger partial charge in [-0.3, -0.25) is 0 Å². The van der Waals surface area contributed by atoms with Gasteiger partial charge < -0.3 is 9.47 Å². The van der Waals surface area contributed by atoms with Gasteiger partial charge in [0.1, 0.15) is 6.33 Å². The van der Waals surface area contributed by atoms with Crippen LogP contribution in [0.1, 0.15) is 26.4 Å². The lowest BCUT2D eigenvalue weighted by molar-refractivity contribution is 0.0555. The van der Waals surface area contributed by atoms with Crippen molar-refractivity contribution >= 4 is 22.8 Å². The van der Waals surface area contributed by atoms with Gasteiger partial charge in [0.15, 0.2) is 0 Å². The maximum absolute atomic E-state index is 11.7.